The molecule has 2 rings (SSSR count). The summed E-state index contributed by atoms with van der Waals surface area (Å²) in [6.45, 7) is 4.28. The van der Waals surface area contributed by atoms with Gasteiger partial charge in [-0.05, 0) is 0 Å². The molecule has 1 heteroatoms. The summed E-state index contributed by atoms with van der Waals surface area (Å²) in [6, 6.07) is 16.8. The monoisotopic (exact) mass is 366 g/mol. The second-order valence-corrected chi connectivity index (χ2v) is 3.51. The molecule has 0 heterocycles. The minimum absolute atomic E-state index is 0. The molecule has 0 saturated heterocycles. The van der Waals surface area contributed by atoms with Crippen molar-refractivity contribution in [3.63, 3.8) is 0 Å². The van der Waals surface area contributed by atoms with Crippen molar-refractivity contribution >= 4 is 0 Å². The minimum atomic E-state index is 0. The smallest absolute Gasteiger partial charge is 0 e. The van der Waals surface area contributed by atoms with Crippen molar-refractivity contribution in [2.45, 2.75) is 26.7 Å². The molecule has 0 aromatic heterocycles. The van der Waals surface area contributed by atoms with Gasteiger partial charge in [0.2, 0.25) is 0 Å². The van der Waals surface area contributed by atoms with Crippen LogP contribution in [0.5, 0.6) is 0 Å². The number of rotatable bonds is 2. The van der Waals surface area contributed by atoms with Gasteiger partial charge in [0.25, 0.3) is 0 Å². The van der Waals surface area contributed by atoms with Crippen LogP contribution in [0.2, 0.25) is 0 Å². The van der Waals surface area contributed by atoms with Crippen LogP contribution in [0.15, 0.2) is 48.5 Å². The Balaban J connectivity index is 0.000000253. The molecule has 0 spiro atoms. The second kappa shape index (κ2) is 8.84. The molecule has 0 unspecified atom stereocenters. The van der Waals surface area contributed by atoms with Crippen molar-refractivity contribution in [3.8, 4) is 0 Å². The second-order valence-electron chi connectivity index (χ2n) is 3.51. The van der Waals surface area contributed by atoms with E-state index < -0.39 is 0 Å². The van der Waals surface area contributed by atoms with Gasteiger partial charge in [-0.2, -0.15) is 35.4 Å². The molecule has 0 bridgehead atoms. The number of aryl methyl sites for hydroxylation is 2. The maximum Gasteiger partial charge on any atom is 0 e. The van der Waals surface area contributed by atoms with Crippen LogP contribution in [-0.2, 0) is 32.3 Å². The summed E-state index contributed by atoms with van der Waals surface area (Å²) in [6.07, 6.45) is 2.48. The van der Waals surface area contributed by atoms with Crippen molar-refractivity contribution in [1.82, 2.24) is 0 Å². The standard InChI is InChI=1S/C8H11.C6H7.Hf/c1-2-5-8-6-3-4-7-8;1-6-4-2-3-5-6;/h3-4,6-7H,2,5H2,1H3;2-5H,1H3;/q2*-1;. The van der Waals surface area contributed by atoms with E-state index in [4.69, 9.17) is 0 Å². The van der Waals surface area contributed by atoms with E-state index in [2.05, 4.69) is 50.2 Å². The summed E-state index contributed by atoms with van der Waals surface area (Å²) in [5.41, 5.74) is 2.81. The van der Waals surface area contributed by atoms with Crippen LogP contribution < -0.4 is 0 Å². The Morgan fingerprint density at radius 2 is 1.33 bits per heavy atom. The van der Waals surface area contributed by atoms with Gasteiger partial charge < -0.3 is 0 Å². The normalized spacial score (nSPS) is 8.67. The van der Waals surface area contributed by atoms with Crippen molar-refractivity contribution < 1.29 is 25.8 Å². The summed E-state index contributed by atoms with van der Waals surface area (Å²) in [4.78, 5) is 0. The minimum Gasteiger partial charge on any atom is -0.213 e. The predicted octanol–water partition coefficient (Wildman–Crippen LogP) is 4.07. The van der Waals surface area contributed by atoms with Gasteiger partial charge in [0, 0.05) is 25.8 Å². The third kappa shape index (κ3) is 6.62. The Hall–Kier alpha value is -0.430. The van der Waals surface area contributed by atoms with Crippen molar-refractivity contribution in [1.29, 1.82) is 0 Å². The average molecular weight is 365 g/mol. The first kappa shape index (κ1) is 14.6. The summed E-state index contributed by atoms with van der Waals surface area (Å²) >= 11 is 0. The first-order chi connectivity index (χ1) is 6.83. The fourth-order valence-corrected chi connectivity index (χ4v) is 1.34. The van der Waals surface area contributed by atoms with Crippen LogP contribution in [-0.4, -0.2) is 0 Å². The van der Waals surface area contributed by atoms with Crippen molar-refractivity contribution in [2.24, 2.45) is 0 Å². The first-order valence-electron chi connectivity index (χ1n) is 5.22. The molecule has 0 amide bonds. The quantitative estimate of drug-likeness (QED) is 0.556. The summed E-state index contributed by atoms with van der Waals surface area (Å²) in [5.74, 6) is 0. The van der Waals surface area contributed by atoms with Gasteiger partial charge in [-0.25, -0.2) is 24.3 Å². The van der Waals surface area contributed by atoms with Crippen LogP contribution in [0.25, 0.3) is 0 Å². The Bertz CT molecular complexity index is 303. The third-order valence-corrected chi connectivity index (χ3v) is 2.10. The zero-order chi connectivity index (χ0) is 10.2. The Morgan fingerprint density at radius 1 is 0.867 bits per heavy atom. The van der Waals surface area contributed by atoms with Gasteiger partial charge in [0.1, 0.15) is 0 Å². The predicted molar refractivity (Wildman–Crippen MR) is 62.8 cm³/mol. The van der Waals surface area contributed by atoms with E-state index >= 15 is 0 Å². The van der Waals surface area contributed by atoms with Crippen molar-refractivity contribution in [3.05, 3.63) is 59.7 Å². The molecule has 0 aliphatic carbocycles. The molecule has 0 saturated carbocycles. The maximum absolute atomic E-state index is 2.20. The van der Waals surface area contributed by atoms with E-state index in [-0.39, 0.29) is 25.8 Å². The van der Waals surface area contributed by atoms with E-state index in [9.17, 15) is 0 Å². The van der Waals surface area contributed by atoms with Crippen LogP contribution in [0.1, 0.15) is 24.5 Å². The zero-order valence-electron chi connectivity index (χ0n) is 9.53. The fourth-order valence-electron chi connectivity index (χ4n) is 1.34. The van der Waals surface area contributed by atoms with E-state index in [1.807, 2.05) is 12.1 Å². The van der Waals surface area contributed by atoms with Crippen LogP contribution in [0.3, 0.4) is 0 Å². The topological polar surface area (TPSA) is 0 Å². The zero-order valence-corrected chi connectivity index (χ0v) is 13.1. The van der Waals surface area contributed by atoms with Crippen LogP contribution in [0.4, 0.5) is 0 Å². The molecular weight excluding hydrogens is 347 g/mol. The Morgan fingerprint density at radius 3 is 1.67 bits per heavy atom. The van der Waals surface area contributed by atoms with Gasteiger partial charge in [-0.3, -0.25) is 0 Å². The van der Waals surface area contributed by atoms with E-state index in [0.717, 1.165) is 0 Å². The van der Waals surface area contributed by atoms with Gasteiger partial charge in [-0.1, -0.05) is 26.7 Å². The third-order valence-electron chi connectivity index (χ3n) is 2.10. The van der Waals surface area contributed by atoms with Crippen LogP contribution >= 0.6 is 0 Å². The van der Waals surface area contributed by atoms with E-state index in [1.165, 1.54) is 24.0 Å². The summed E-state index contributed by atoms with van der Waals surface area (Å²) in [5, 5.41) is 0. The first-order valence-corrected chi connectivity index (χ1v) is 5.22. The van der Waals surface area contributed by atoms with Crippen LogP contribution in [0, 0.1) is 6.92 Å². The molecular formula is C14H18Hf-2. The van der Waals surface area contributed by atoms with Gasteiger partial charge in [-0.15, -0.1) is 0 Å². The molecule has 0 aliphatic rings. The molecule has 80 valence electrons. The SMILES string of the molecule is CCC[c-]1cccc1.C[c-]1cccc1.[Hf]. The average Bonchev–Trinajstić information content (AvgIpc) is 2.79. The number of hydrogen-bond donors (Lipinski definition) is 0. The van der Waals surface area contributed by atoms with Crippen molar-refractivity contribution in [2.75, 3.05) is 0 Å². The Labute approximate surface area is 112 Å². The maximum atomic E-state index is 2.20. The molecule has 0 aliphatic heterocycles. The summed E-state index contributed by atoms with van der Waals surface area (Å²) in [7, 11) is 0. The largest absolute Gasteiger partial charge is 0.213 e. The molecule has 2 aromatic rings. The molecule has 0 atom stereocenters. The van der Waals surface area contributed by atoms with Gasteiger partial charge >= 0.3 is 0 Å². The molecule has 2 aromatic carbocycles. The molecule has 0 fully saturated rings. The van der Waals surface area contributed by atoms with E-state index in [1.54, 1.807) is 0 Å². The fraction of sp³-hybridized carbons (Fsp3) is 0.286. The number of hydrogen-bond acceptors (Lipinski definition) is 0. The summed E-state index contributed by atoms with van der Waals surface area (Å²) < 4.78 is 0. The molecule has 15 heavy (non-hydrogen) atoms. The molecule has 0 radical (unpaired) electrons. The molecule has 0 N–H and O–H groups in total. The van der Waals surface area contributed by atoms with Gasteiger partial charge in [0.15, 0.2) is 0 Å². The Kier molecular flexibility index (Phi) is 8.59. The van der Waals surface area contributed by atoms with E-state index in [0.29, 0.717) is 0 Å². The molecule has 0 nitrogen and oxygen atoms in total. The van der Waals surface area contributed by atoms with Gasteiger partial charge in [0.05, 0.1) is 0 Å².